The molecule has 0 fully saturated rings. The fourth-order valence-corrected chi connectivity index (χ4v) is 2.81. The minimum absolute atomic E-state index is 0.00760. The van der Waals surface area contributed by atoms with Crippen LogP contribution in [0, 0.1) is 11.6 Å². The van der Waals surface area contributed by atoms with Crippen LogP contribution in [-0.2, 0) is 0 Å². The minimum Gasteiger partial charge on any atom is -0.494 e. The molecular formula is C19H12ClF2N3O2. The van der Waals surface area contributed by atoms with E-state index in [1.165, 1.54) is 30.0 Å². The number of methoxy groups -OCH3 is 1. The van der Waals surface area contributed by atoms with Crippen LogP contribution in [0.2, 0.25) is 5.02 Å². The van der Waals surface area contributed by atoms with Gasteiger partial charge < -0.3 is 9.47 Å². The van der Waals surface area contributed by atoms with Crippen LogP contribution < -0.4 is 9.47 Å². The highest BCUT2D eigenvalue weighted by Gasteiger charge is 2.18. The molecule has 0 saturated heterocycles. The van der Waals surface area contributed by atoms with Gasteiger partial charge >= 0.3 is 0 Å². The quantitative estimate of drug-likeness (QED) is 0.487. The molecule has 2 aromatic carbocycles. The van der Waals surface area contributed by atoms with Gasteiger partial charge in [0.2, 0.25) is 11.7 Å². The van der Waals surface area contributed by atoms with Gasteiger partial charge in [0, 0.05) is 16.7 Å². The zero-order chi connectivity index (χ0) is 19.0. The summed E-state index contributed by atoms with van der Waals surface area (Å²) in [6.45, 7) is 0. The molecule has 0 bridgehead atoms. The Morgan fingerprint density at radius 1 is 1.04 bits per heavy atom. The Hall–Kier alpha value is -3.19. The van der Waals surface area contributed by atoms with Crippen molar-refractivity contribution in [3.63, 3.8) is 0 Å². The Kier molecular flexibility index (Phi) is 4.37. The van der Waals surface area contributed by atoms with Crippen molar-refractivity contribution < 1.29 is 18.3 Å². The molecule has 0 atom stereocenters. The lowest BCUT2D eigenvalue weighted by atomic mass is 10.1. The molecule has 4 rings (SSSR count). The molecule has 136 valence electrons. The van der Waals surface area contributed by atoms with E-state index in [1.807, 2.05) is 0 Å². The first-order valence-electron chi connectivity index (χ1n) is 7.87. The lowest BCUT2D eigenvalue weighted by Gasteiger charge is -2.08. The standard InChI is InChI=1S/C19H12ClF2N3O2/c1-26-15-6-5-13(18(21)19(15)22)14-10-23-16-7-8-17(24-25(14)16)27-12-4-2-3-11(20)9-12/h2-10H,1H3. The molecule has 4 aromatic rings. The largest absolute Gasteiger partial charge is 0.494 e. The maximum atomic E-state index is 14.5. The molecule has 2 heterocycles. The van der Waals surface area contributed by atoms with Crippen LogP contribution in [0.1, 0.15) is 0 Å². The maximum Gasteiger partial charge on any atom is 0.237 e. The van der Waals surface area contributed by atoms with Crippen LogP contribution in [0.4, 0.5) is 8.78 Å². The SMILES string of the molecule is COc1ccc(-c2cnc3ccc(Oc4cccc(Cl)c4)nn23)c(F)c1F. The third-order valence-corrected chi connectivity index (χ3v) is 4.13. The number of hydrogen-bond donors (Lipinski definition) is 0. The number of halogens is 3. The van der Waals surface area contributed by atoms with E-state index in [0.717, 1.165) is 0 Å². The summed E-state index contributed by atoms with van der Waals surface area (Å²) in [5, 5.41) is 4.84. The fourth-order valence-electron chi connectivity index (χ4n) is 2.63. The second-order valence-corrected chi connectivity index (χ2v) is 6.02. The summed E-state index contributed by atoms with van der Waals surface area (Å²) in [5.74, 6) is -1.55. The average molecular weight is 388 g/mol. The van der Waals surface area contributed by atoms with Crippen molar-refractivity contribution in [1.29, 1.82) is 0 Å². The topological polar surface area (TPSA) is 48.7 Å². The highest BCUT2D eigenvalue weighted by atomic mass is 35.5. The zero-order valence-electron chi connectivity index (χ0n) is 14.0. The zero-order valence-corrected chi connectivity index (χ0v) is 14.7. The highest BCUT2D eigenvalue weighted by molar-refractivity contribution is 6.30. The Bertz CT molecular complexity index is 1150. The molecule has 2 aromatic heterocycles. The number of aromatic nitrogens is 3. The number of ether oxygens (including phenoxy) is 2. The maximum absolute atomic E-state index is 14.5. The molecule has 5 nitrogen and oxygen atoms in total. The highest BCUT2D eigenvalue weighted by Crippen LogP contribution is 2.30. The van der Waals surface area contributed by atoms with E-state index in [9.17, 15) is 8.78 Å². The van der Waals surface area contributed by atoms with Gasteiger partial charge in [-0.3, -0.25) is 0 Å². The van der Waals surface area contributed by atoms with Gasteiger partial charge in [-0.15, -0.1) is 5.10 Å². The summed E-state index contributed by atoms with van der Waals surface area (Å²) in [7, 11) is 1.27. The van der Waals surface area contributed by atoms with E-state index in [4.69, 9.17) is 21.1 Å². The summed E-state index contributed by atoms with van der Waals surface area (Å²) >= 11 is 5.95. The second kappa shape index (κ2) is 6.85. The number of benzene rings is 2. The van der Waals surface area contributed by atoms with Crippen molar-refractivity contribution in [2.75, 3.05) is 7.11 Å². The van der Waals surface area contributed by atoms with Gasteiger partial charge in [0.1, 0.15) is 5.75 Å². The Balaban J connectivity index is 1.78. The van der Waals surface area contributed by atoms with E-state index in [-0.39, 0.29) is 22.9 Å². The second-order valence-electron chi connectivity index (χ2n) is 5.59. The van der Waals surface area contributed by atoms with Gasteiger partial charge in [-0.25, -0.2) is 13.9 Å². The number of imidazole rings is 1. The van der Waals surface area contributed by atoms with E-state index >= 15 is 0 Å². The van der Waals surface area contributed by atoms with Crippen molar-refractivity contribution in [1.82, 2.24) is 14.6 Å². The summed E-state index contributed by atoms with van der Waals surface area (Å²) < 4.78 is 40.4. The monoisotopic (exact) mass is 387 g/mol. The van der Waals surface area contributed by atoms with Crippen LogP contribution >= 0.6 is 11.6 Å². The van der Waals surface area contributed by atoms with Gasteiger partial charge in [0.15, 0.2) is 17.2 Å². The van der Waals surface area contributed by atoms with Crippen LogP contribution in [0.15, 0.2) is 54.7 Å². The molecule has 0 aliphatic rings. The van der Waals surface area contributed by atoms with E-state index in [1.54, 1.807) is 36.4 Å². The first-order chi connectivity index (χ1) is 13.1. The summed E-state index contributed by atoms with van der Waals surface area (Å²) in [4.78, 5) is 4.17. The smallest absolute Gasteiger partial charge is 0.237 e. The molecule has 0 unspecified atom stereocenters. The molecule has 0 saturated carbocycles. The van der Waals surface area contributed by atoms with Crippen LogP contribution in [-0.4, -0.2) is 21.7 Å². The molecule has 0 radical (unpaired) electrons. The lowest BCUT2D eigenvalue weighted by Crippen LogP contribution is -2.00. The summed E-state index contributed by atoms with van der Waals surface area (Å²) in [6, 6.07) is 12.9. The minimum atomic E-state index is -1.07. The summed E-state index contributed by atoms with van der Waals surface area (Å²) in [5.41, 5.74) is 0.743. The van der Waals surface area contributed by atoms with Crippen molar-refractivity contribution in [3.05, 3.63) is 71.4 Å². The Morgan fingerprint density at radius 3 is 2.67 bits per heavy atom. The third-order valence-electron chi connectivity index (χ3n) is 3.90. The summed E-state index contributed by atoms with van der Waals surface area (Å²) in [6.07, 6.45) is 1.41. The van der Waals surface area contributed by atoms with Crippen molar-refractivity contribution in [3.8, 4) is 28.6 Å². The normalized spacial score (nSPS) is 11.0. The fraction of sp³-hybridized carbons (Fsp3) is 0.0526. The molecule has 27 heavy (non-hydrogen) atoms. The number of nitrogens with zero attached hydrogens (tertiary/aromatic N) is 3. The number of hydrogen-bond acceptors (Lipinski definition) is 4. The van der Waals surface area contributed by atoms with Gasteiger partial charge in [0.05, 0.1) is 19.0 Å². The van der Waals surface area contributed by atoms with Crippen LogP contribution in [0.3, 0.4) is 0 Å². The molecule has 0 spiro atoms. The lowest BCUT2D eigenvalue weighted by molar-refractivity contribution is 0.372. The molecule has 0 amide bonds. The average Bonchev–Trinajstić information content (AvgIpc) is 3.07. The Morgan fingerprint density at radius 2 is 1.89 bits per heavy atom. The van der Waals surface area contributed by atoms with Crippen molar-refractivity contribution in [2.24, 2.45) is 0 Å². The van der Waals surface area contributed by atoms with Gasteiger partial charge in [0.25, 0.3) is 0 Å². The van der Waals surface area contributed by atoms with Crippen molar-refractivity contribution in [2.45, 2.75) is 0 Å². The van der Waals surface area contributed by atoms with E-state index < -0.39 is 11.6 Å². The first kappa shape index (κ1) is 17.2. The predicted octanol–water partition coefficient (Wildman–Crippen LogP) is 5.13. The van der Waals surface area contributed by atoms with Gasteiger partial charge in [-0.05, 0) is 36.4 Å². The number of fused-ring (bicyclic) bond motifs is 1. The third kappa shape index (κ3) is 3.17. The Labute approximate surface area is 157 Å². The van der Waals surface area contributed by atoms with E-state index in [0.29, 0.717) is 16.4 Å². The van der Waals surface area contributed by atoms with Gasteiger partial charge in [-0.1, -0.05) is 17.7 Å². The molecule has 0 aliphatic heterocycles. The molecule has 0 N–H and O–H groups in total. The molecule has 8 heteroatoms. The molecule has 0 aliphatic carbocycles. The molecular weight excluding hydrogens is 376 g/mol. The number of rotatable bonds is 4. The predicted molar refractivity (Wildman–Crippen MR) is 96.4 cm³/mol. The van der Waals surface area contributed by atoms with Crippen LogP contribution in [0.25, 0.3) is 16.9 Å². The van der Waals surface area contributed by atoms with E-state index in [2.05, 4.69) is 10.1 Å². The van der Waals surface area contributed by atoms with Gasteiger partial charge in [-0.2, -0.15) is 4.39 Å². The van der Waals surface area contributed by atoms with Crippen molar-refractivity contribution >= 4 is 17.2 Å². The first-order valence-corrected chi connectivity index (χ1v) is 8.25. The van der Waals surface area contributed by atoms with Crippen LogP contribution in [0.5, 0.6) is 17.4 Å².